The molecule has 0 radical (unpaired) electrons. The summed E-state index contributed by atoms with van der Waals surface area (Å²) < 4.78 is 2.22. The minimum absolute atomic E-state index is 0.0321. The van der Waals surface area contributed by atoms with Crippen LogP contribution in [-0.2, 0) is 6.54 Å². The van der Waals surface area contributed by atoms with E-state index in [0.717, 1.165) is 11.4 Å². The van der Waals surface area contributed by atoms with Gasteiger partial charge >= 0.3 is 0 Å². The Labute approximate surface area is 107 Å². The number of nitrogens with zero attached hydrogens (tertiary/aromatic N) is 2. The molecule has 0 amide bonds. The van der Waals surface area contributed by atoms with Gasteiger partial charge in [0, 0.05) is 19.4 Å². The van der Waals surface area contributed by atoms with E-state index in [-0.39, 0.29) is 5.56 Å². The van der Waals surface area contributed by atoms with Crippen LogP contribution in [0.2, 0.25) is 0 Å². The molecule has 0 unspecified atom stereocenters. The number of aromatic nitrogens is 2. The number of rotatable bonds is 3. The highest BCUT2D eigenvalue weighted by molar-refractivity contribution is 9.10. The first kappa shape index (κ1) is 11.9. The molecule has 0 aromatic carbocycles. The van der Waals surface area contributed by atoms with Gasteiger partial charge in [-0.25, -0.2) is 4.98 Å². The Hall–Kier alpha value is -1.62. The van der Waals surface area contributed by atoms with Gasteiger partial charge in [0.2, 0.25) is 0 Å². The maximum Gasteiger partial charge on any atom is 0.265 e. The van der Waals surface area contributed by atoms with Crippen LogP contribution in [0.1, 0.15) is 5.56 Å². The van der Waals surface area contributed by atoms with Crippen LogP contribution < -0.4 is 10.9 Å². The predicted octanol–water partition coefficient (Wildman–Crippen LogP) is 2.10. The van der Waals surface area contributed by atoms with Crippen LogP contribution in [0.5, 0.6) is 0 Å². The van der Waals surface area contributed by atoms with Crippen molar-refractivity contribution in [1.82, 2.24) is 9.55 Å². The number of nitrogens with one attached hydrogen (secondary N) is 1. The zero-order valence-corrected chi connectivity index (χ0v) is 10.9. The van der Waals surface area contributed by atoms with Crippen molar-refractivity contribution < 1.29 is 0 Å². The molecule has 2 aromatic rings. The molecule has 0 aliphatic carbocycles. The van der Waals surface area contributed by atoms with Gasteiger partial charge in [-0.05, 0) is 45.8 Å². The van der Waals surface area contributed by atoms with E-state index in [1.807, 2.05) is 25.2 Å². The van der Waals surface area contributed by atoms with Gasteiger partial charge in [-0.3, -0.25) is 4.79 Å². The highest BCUT2D eigenvalue weighted by atomic mass is 79.9. The molecular formula is C12H12BrN3O. The molecule has 0 saturated carbocycles. The van der Waals surface area contributed by atoms with E-state index < -0.39 is 0 Å². The quantitative estimate of drug-likeness (QED) is 0.943. The van der Waals surface area contributed by atoms with Gasteiger partial charge in [0.25, 0.3) is 5.56 Å². The Balaban J connectivity index is 2.31. The number of anilines is 1. The maximum atomic E-state index is 11.8. The molecule has 5 heteroatoms. The van der Waals surface area contributed by atoms with Crippen molar-refractivity contribution >= 4 is 21.7 Å². The van der Waals surface area contributed by atoms with E-state index in [0.29, 0.717) is 11.0 Å². The topological polar surface area (TPSA) is 46.9 Å². The van der Waals surface area contributed by atoms with Crippen LogP contribution in [0.3, 0.4) is 0 Å². The fourth-order valence-corrected chi connectivity index (χ4v) is 1.92. The lowest BCUT2D eigenvalue weighted by molar-refractivity contribution is 0.754. The molecule has 88 valence electrons. The first-order chi connectivity index (χ1) is 8.20. The molecule has 2 heterocycles. The van der Waals surface area contributed by atoms with Gasteiger partial charge in [-0.1, -0.05) is 0 Å². The monoisotopic (exact) mass is 293 g/mol. The van der Waals surface area contributed by atoms with E-state index in [9.17, 15) is 4.79 Å². The van der Waals surface area contributed by atoms with Crippen molar-refractivity contribution in [2.24, 2.45) is 0 Å². The molecule has 0 bridgehead atoms. The lowest BCUT2D eigenvalue weighted by atomic mass is 10.2. The summed E-state index contributed by atoms with van der Waals surface area (Å²) in [5.41, 5.74) is 1.000. The van der Waals surface area contributed by atoms with Crippen molar-refractivity contribution in [2.45, 2.75) is 6.54 Å². The van der Waals surface area contributed by atoms with E-state index in [1.54, 1.807) is 23.0 Å². The molecular weight excluding hydrogens is 282 g/mol. The molecule has 1 N–H and O–H groups in total. The molecule has 2 aromatic heterocycles. The minimum Gasteiger partial charge on any atom is -0.373 e. The minimum atomic E-state index is -0.0321. The summed E-state index contributed by atoms with van der Waals surface area (Å²) >= 11 is 3.23. The van der Waals surface area contributed by atoms with E-state index in [2.05, 4.69) is 26.2 Å². The normalized spacial score (nSPS) is 10.2. The van der Waals surface area contributed by atoms with E-state index in [4.69, 9.17) is 0 Å². The molecule has 0 saturated heterocycles. The van der Waals surface area contributed by atoms with Crippen LogP contribution in [0.25, 0.3) is 0 Å². The van der Waals surface area contributed by atoms with E-state index in [1.165, 1.54) is 0 Å². The summed E-state index contributed by atoms with van der Waals surface area (Å²) in [7, 11) is 1.82. The molecule has 17 heavy (non-hydrogen) atoms. The van der Waals surface area contributed by atoms with Crippen molar-refractivity contribution in [2.75, 3.05) is 12.4 Å². The van der Waals surface area contributed by atoms with Crippen molar-refractivity contribution in [3.63, 3.8) is 0 Å². The zero-order valence-electron chi connectivity index (χ0n) is 9.35. The van der Waals surface area contributed by atoms with Gasteiger partial charge in [-0.2, -0.15) is 0 Å². The summed E-state index contributed by atoms with van der Waals surface area (Å²) in [6, 6.07) is 7.40. The summed E-state index contributed by atoms with van der Waals surface area (Å²) in [5, 5.41) is 2.97. The van der Waals surface area contributed by atoms with Crippen LogP contribution in [0.4, 0.5) is 5.82 Å². The second-order valence-corrected chi connectivity index (χ2v) is 4.44. The Kier molecular flexibility index (Phi) is 3.58. The Morgan fingerprint density at radius 1 is 1.47 bits per heavy atom. The Morgan fingerprint density at radius 3 is 3.06 bits per heavy atom. The molecule has 0 spiro atoms. The molecule has 0 fully saturated rings. The standard InChI is InChI=1S/C12H12BrN3O/c1-14-11-7-9(4-5-15-11)8-16-6-2-3-10(13)12(16)17/h2-7H,8H2,1H3,(H,14,15). The molecule has 4 nitrogen and oxygen atoms in total. The van der Waals surface area contributed by atoms with Crippen molar-refractivity contribution in [1.29, 1.82) is 0 Å². The Morgan fingerprint density at radius 2 is 2.29 bits per heavy atom. The first-order valence-corrected chi connectivity index (χ1v) is 5.97. The number of pyridine rings is 2. The number of hydrogen-bond donors (Lipinski definition) is 1. The predicted molar refractivity (Wildman–Crippen MR) is 71.3 cm³/mol. The first-order valence-electron chi connectivity index (χ1n) is 5.18. The van der Waals surface area contributed by atoms with E-state index >= 15 is 0 Å². The van der Waals surface area contributed by atoms with Gasteiger partial charge < -0.3 is 9.88 Å². The lowest BCUT2D eigenvalue weighted by Gasteiger charge is -2.07. The summed E-state index contributed by atoms with van der Waals surface area (Å²) in [6.07, 6.45) is 3.50. The summed E-state index contributed by atoms with van der Waals surface area (Å²) in [4.78, 5) is 15.9. The summed E-state index contributed by atoms with van der Waals surface area (Å²) in [5.74, 6) is 0.797. The lowest BCUT2D eigenvalue weighted by Crippen LogP contribution is -2.20. The third-order valence-corrected chi connectivity index (χ3v) is 3.01. The largest absolute Gasteiger partial charge is 0.373 e. The molecule has 0 aliphatic rings. The zero-order chi connectivity index (χ0) is 12.3. The van der Waals surface area contributed by atoms with Gasteiger partial charge in [0.05, 0.1) is 11.0 Å². The fourth-order valence-electron chi connectivity index (χ4n) is 1.54. The number of hydrogen-bond acceptors (Lipinski definition) is 3. The fraction of sp³-hybridized carbons (Fsp3) is 0.167. The van der Waals surface area contributed by atoms with Crippen molar-refractivity contribution in [3.05, 3.63) is 57.0 Å². The summed E-state index contributed by atoms with van der Waals surface area (Å²) in [6.45, 7) is 0.537. The van der Waals surface area contributed by atoms with Crippen LogP contribution in [0.15, 0.2) is 45.9 Å². The Bertz CT molecular complexity index is 580. The average Bonchev–Trinajstić information content (AvgIpc) is 2.35. The maximum absolute atomic E-state index is 11.8. The number of halogens is 1. The molecule has 0 aliphatic heterocycles. The van der Waals surface area contributed by atoms with Crippen molar-refractivity contribution in [3.8, 4) is 0 Å². The van der Waals surface area contributed by atoms with Gasteiger partial charge in [0.1, 0.15) is 5.82 Å². The average molecular weight is 294 g/mol. The second kappa shape index (κ2) is 5.14. The van der Waals surface area contributed by atoms with Crippen LogP contribution in [0, 0.1) is 0 Å². The van der Waals surface area contributed by atoms with Gasteiger partial charge in [0.15, 0.2) is 0 Å². The molecule has 0 atom stereocenters. The SMILES string of the molecule is CNc1cc(Cn2cccc(Br)c2=O)ccn1. The smallest absolute Gasteiger partial charge is 0.265 e. The molecule has 2 rings (SSSR count). The van der Waals surface area contributed by atoms with Gasteiger partial charge in [-0.15, -0.1) is 0 Å². The van der Waals surface area contributed by atoms with Crippen LogP contribution >= 0.6 is 15.9 Å². The highest BCUT2D eigenvalue weighted by Crippen LogP contribution is 2.08. The second-order valence-electron chi connectivity index (χ2n) is 3.59. The highest BCUT2D eigenvalue weighted by Gasteiger charge is 2.01. The third kappa shape index (κ3) is 2.74. The third-order valence-electron chi connectivity index (χ3n) is 2.41. The van der Waals surface area contributed by atoms with Crippen LogP contribution in [-0.4, -0.2) is 16.6 Å².